The van der Waals surface area contributed by atoms with E-state index in [2.05, 4.69) is 20.4 Å². The fourth-order valence-corrected chi connectivity index (χ4v) is 7.43. The molecule has 10 nitrogen and oxygen atoms in total. The maximum atomic E-state index is 13.1. The highest BCUT2D eigenvalue weighted by atomic mass is 16.2. The summed E-state index contributed by atoms with van der Waals surface area (Å²) in [6.07, 6.45) is 10.8. The van der Waals surface area contributed by atoms with E-state index >= 15 is 0 Å². The van der Waals surface area contributed by atoms with Gasteiger partial charge in [-0.1, -0.05) is 36.4 Å². The van der Waals surface area contributed by atoms with Crippen molar-refractivity contribution < 1.29 is 19.2 Å². The normalized spacial score (nSPS) is 25.4. The van der Waals surface area contributed by atoms with Crippen molar-refractivity contribution in [2.24, 2.45) is 0 Å². The summed E-state index contributed by atoms with van der Waals surface area (Å²) in [4.78, 5) is 60.2. The molecule has 0 aliphatic carbocycles. The van der Waals surface area contributed by atoms with Crippen LogP contribution < -0.4 is 10.6 Å². The molecule has 0 bridgehead atoms. The monoisotopic (exact) mass is 626 g/mol. The minimum absolute atomic E-state index is 0.0771. The lowest BCUT2D eigenvalue weighted by Crippen LogP contribution is -2.49. The highest BCUT2D eigenvalue weighted by Crippen LogP contribution is 2.27. The quantitative estimate of drug-likeness (QED) is 0.431. The Labute approximate surface area is 271 Å². The average Bonchev–Trinajstić information content (AvgIpc) is 3.88. The van der Waals surface area contributed by atoms with Crippen molar-refractivity contribution in [3.8, 4) is 0 Å². The highest BCUT2D eigenvalue weighted by Gasteiger charge is 2.41. The first-order chi connectivity index (χ1) is 22.3. The Morgan fingerprint density at radius 2 is 0.891 bits per heavy atom. The molecule has 0 spiro atoms. The number of nitrogens with one attached hydrogen (secondary N) is 2. The number of nitrogens with zero attached hydrogens (tertiary/aromatic N) is 4. The first-order valence-corrected chi connectivity index (χ1v) is 16.8. The van der Waals surface area contributed by atoms with Crippen molar-refractivity contribution in [1.82, 2.24) is 19.6 Å². The Morgan fingerprint density at radius 1 is 0.543 bits per heavy atom. The Kier molecular flexibility index (Phi) is 9.84. The van der Waals surface area contributed by atoms with Gasteiger partial charge in [-0.3, -0.25) is 29.0 Å². The van der Waals surface area contributed by atoms with Gasteiger partial charge in [-0.25, -0.2) is 0 Å². The summed E-state index contributed by atoms with van der Waals surface area (Å²) in [7, 11) is 3.97. The molecule has 4 aliphatic heterocycles. The van der Waals surface area contributed by atoms with E-state index in [9.17, 15) is 19.2 Å². The fraction of sp³-hybridized carbons (Fsp3) is 0.500. The molecule has 0 aromatic heterocycles. The van der Waals surface area contributed by atoms with Gasteiger partial charge < -0.3 is 20.4 Å². The van der Waals surface area contributed by atoms with Gasteiger partial charge in [0, 0.05) is 24.5 Å². The molecule has 4 atom stereocenters. The van der Waals surface area contributed by atoms with Crippen molar-refractivity contribution in [2.75, 3.05) is 50.9 Å². The van der Waals surface area contributed by atoms with Crippen LogP contribution in [0.2, 0.25) is 0 Å². The van der Waals surface area contributed by atoms with Gasteiger partial charge in [-0.05, 0) is 114 Å². The Bertz CT molecular complexity index is 1350. The molecule has 0 saturated carbocycles. The summed E-state index contributed by atoms with van der Waals surface area (Å²) >= 11 is 0. The minimum Gasteiger partial charge on any atom is -0.329 e. The van der Waals surface area contributed by atoms with Gasteiger partial charge in [0.2, 0.25) is 23.6 Å². The van der Waals surface area contributed by atoms with Gasteiger partial charge in [0.05, 0.1) is 12.1 Å². The molecule has 4 heterocycles. The molecule has 4 amide bonds. The summed E-state index contributed by atoms with van der Waals surface area (Å²) in [6, 6.07) is 14.2. The second-order valence-electron chi connectivity index (χ2n) is 13.2. The summed E-state index contributed by atoms with van der Waals surface area (Å²) in [5, 5.41) is 6.02. The van der Waals surface area contributed by atoms with Crippen LogP contribution in [0.5, 0.6) is 0 Å². The van der Waals surface area contributed by atoms with E-state index in [4.69, 9.17) is 0 Å². The van der Waals surface area contributed by atoms with Gasteiger partial charge >= 0.3 is 0 Å². The predicted octanol–water partition coefficient (Wildman–Crippen LogP) is 3.90. The van der Waals surface area contributed by atoms with Crippen LogP contribution in [-0.4, -0.2) is 108 Å². The largest absolute Gasteiger partial charge is 0.329 e. The van der Waals surface area contributed by atoms with Gasteiger partial charge in [0.15, 0.2) is 0 Å². The van der Waals surface area contributed by atoms with Crippen LogP contribution in [0.25, 0.3) is 12.2 Å². The van der Waals surface area contributed by atoms with Crippen LogP contribution in [-0.2, 0) is 19.2 Å². The Balaban J connectivity index is 0.995. The zero-order chi connectivity index (χ0) is 32.2. The summed E-state index contributed by atoms with van der Waals surface area (Å²) in [5.74, 6) is -0.104. The molecule has 4 aliphatic rings. The number of amides is 4. The Morgan fingerprint density at radius 3 is 1.24 bits per heavy atom. The van der Waals surface area contributed by atoms with Crippen LogP contribution in [0.4, 0.5) is 11.4 Å². The molecule has 0 radical (unpaired) electrons. The maximum Gasteiger partial charge on any atom is 0.247 e. The zero-order valence-electron chi connectivity index (χ0n) is 27.0. The fourth-order valence-electron chi connectivity index (χ4n) is 7.43. The maximum absolute atomic E-state index is 13.1. The van der Waals surface area contributed by atoms with Crippen molar-refractivity contribution in [2.45, 2.75) is 75.5 Å². The molecular formula is C36H46N6O4. The molecule has 4 fully saturated rings. The number of benzene rings is 2. The SMILES string of the molecule is CN1CCC[C@H]1C(=O)N1CCC[C@H]1C(=O)Nc1ccc(/C=C/c2ccc(NC(=O)[C@@H]3CCCN3C(=O)[C@@H]3CCCN3C)cc2)cc1. The molecule has 244 valence electrons. The van der Waals surface area contributed by atoms with E-state index in [0.29, 0.717) is 37.3 Å². The highest BCUT2D eigenvalue weighted by molar-refractivity contribution is 5.99. The molecule has 10 heteroatoms. The molecule has 4 saturated heterocycles. The van der Waals surface area contributed by atoms with Gasteiger partial charge in [0.25, 0.3) is 0 Å². The first-order valence-electron chi connectivity index (χ1n) is 16.8. The molecule has 6 rings (SSSR count). The third-order valence-electron chi connectivity index (χ3n) is 10.1. The summed E-state index contributed by atoms with van der Waals surface area (Å²) in [6.45, 7) is 3.12. The molecular weight excluding hydrogens is 580 g/mol. The number of hydrogen-bond donors (Lipinski definition) is 2. The van der Waals surface area contributed by atoms with Crippen LogP contribution in [0.15, 0.2) is 48.5 Å². The smallest absolute Gasteiger partial charge is 0.247 e. The first kappa shape index (κ1) is 31.9. The minimum atomic E-state index is -0.424. The van der Waals surface area contributed by atoms with E-state index < -0.39 is 12.1 Å². The number of carbonyl (C=O) groups is 4. The van der Waals surface area contributed by atoms with E-state index in [0.717, 1.165) is 62.7 Å². The lowest BCUT2D eigenvalue weighted by Gasteiger charge is -2.29. The van der Waals surface area contributed by atoms with Gasteiger partial charge in [-0.2, -0.15) is 0 Å². The number of rotatable bonds is 8. The molecule has 0 unspecified atom stereocenters. The van der Waals surface area contributed by atoms with Crippen molar-refractivity contribution in [3.05, 3.63) is 59.7 Å². The average molecular weight is 627 g/mol. The topological polar surface area (TPSA) is 105 Å². The number of anilines is 2. The van der Waals surface area contributed by atoms with Crippen molar-refractivity contribution >= 4 is 47.2 Å². The molecule has 46 heavy (non-hydrogen) atoms. The van der Waals surface area contributed by atoms with Crippen LogP contribution in [0, 0.1) is 0 Å². The van der Waals surface area contributed by atoms with E-state index in [1.807, 2.05) is 74.8 Å². The van der Waals surface area contributed by atoms with E-state index in [1.54, 1.807) is 9.80 Å². The lowest BCUT2D eigenvalue weighted by atomic mass is 10.1. The third kappa shape index (κ3) is 7.03. The van der Waals surface area contributed by atoms with E-state index in [1.165, 1.54) is 0 Å². The van der Waals surface area contributed by atoms with Crippen LogP contribution in [0.1, 0.15) is 62.5 Å². The van der Waals surface area contributed by atoms with Crippen LogP contribution in [0.3, 0.4) is 0 Å². The molecule has 2 aromatic carbocycles. The standard InChI is InChI=1S/C36H46N6O4/c1-39-21-3-9-31(39)35(45)41-23-5-7-29(41)33(43)37-27-17-13-25(14-18-27)11-12-26-15-19-28(20-16-26)38-34(44)30-8-6-24-42(30)36(46)32-10-4-22-40(32)2/h11-20,29-32H,3-10,21-24H2,1-2H3,(H,37,43)(H,38,44)/b12-11+/t29-,30-,31-,32-/m0/s1. The number of hydrogen-bond acceptors (Lipinski definition) is 6. The van der Waals surface area contributed by atoms with Crippen molar-refractivity contribution in [3.63, 3.8) is 0 Å². The second-order valence-corrected chi connectivity index (χ2v) is 13.2. The zero-order valence-corrected chi connectivity index (χ0v) is 27.0. The molecule has 2 aromatic rings. The molecule has 2 N–H and O–H groups in total. The number of likely N-dealkylation sites (N-methyl/N-ethyl adjacent to an activating group) is 2. The van der Waals surface area contributed by atoms with Crippen LogP contribution >= 0.6 is 0 Å². The van der Waals surface area contributed by atoms with E-state index in [-0.39, 0.29) is 35.7 Å². The summed E-state index contributed by atoms with van der Waals surface area (Å²) in [5.41, 5.74) is 3.38. The van der Waals surface area contributed by atoms with Gasteiger partial charge in [-0.15, -0.1) is 0 Å². The van der Waals surface area contributed by atoms with Gasteiger partial charge in [0.1, 0.15) is 12.1 Å². The number of likely N-dealkylation sites (tertiary alicyclic amines) is 4. The Hall–Kier alpha value is -4.02. The second kappa shape index (κ2) is 14.2. The third-order valence-corrected chi connectivity index (χ3v) is 10.1. The number of carbonyl (C=O) groups excluding carboxylic acids is 4. The summed E-state index contributed by atoms with van der Waals surface area (Å²) < 4.78 is 0. The lowest BCUT2D eigenvalue weighted by molar-refractivity contribution is -0.140. The van der Waals surface area contributed by atoms with Crippen molar-refractivity contribution in [1.29, 1.82) is 0 Å². The predicted molar refractivity (Wildman–Crippen MR) is 180 cm³/mol.